The van der Waals surface area contributed by atoms with Gasteiger partial charge in [-0.1, -0.05) is 18.2 Å². The third kappa shape index (κ3) is 2.96. The highest BCUT2D eigenvalue weighted by molar-refractivity contribution is 14.1. The average molecular weight is 291 g/mol. The van der Waals surface area contributed by atoms with E-state index in [-0.39, 0.29) is 0 Å². The van der Waals surface area contributed by atoms with Crippen LogP contribution in [0.5, 0.6) is 0 Å². The molecule has 3 nitrogen and oxygen atoms in total. The highest BCUT2D eigenvalue weighted by Crippen LogP contribution is 2.12. The Kier molecular flexibility index (Phi) is 3.68. The summed E-state index contributed by atoms with van der Waals surface area (Å²) < 4.78 is 1.05. The summed E-state index contributed by atoms with van der Waals surface area (Å²) >= 11 is 2.17. The molecule has 0 unspecified atom stereocenters. The zero-order valence-electron chi connectivity index (χ0n) is 6.90. The van der Waals surface area contributed by atoms with Gasteiger partial charge in [0.1, 0.15) is 6.04 Å². The van der Waals surface area contributed by atoms with Gasteiger partial charge in [0.25, 0.3) is 0 Å². The number of halogens is 1. The normalized spacial score (nSPS) is 12.5. The maximum atomic E-state index is 10.5. The van der Waals surface area contributed by atoms with Crippen LogP contribution < -0.4 is 5.73 Å². The van der Waals surface area contributed by atoms with Crippen molar-refractivity contribution in [1.29, 1.82) is 0 Å². The third-order valence-corrected chi connectivity index (χ3v) is 2.77. The van der Waals surface area contributed by atoms with Crippen LogP contribution in [0.1, 0.15) is 5.56 Å². The van der Waals surface area contributed by atoms with Crippen LogP contribution in [0.2, 0.25) is 0 Å². The Labute approximate surface area is 90.1 Å². The van der Waals surface area contributed by atoms with Gasteiger partial charge in [-0.3, -0.25) is 4.79 Å². The zero-order chi connectivity index (χ0) is 9.84. The van der Waals surface area contributed by atoms with Crippen LogP contribution in [0.3, 0.4) is 0 Å². The van der Waals surface area contributed by atoms with Gasteiger partial charge >= 0.3 is 5.97 Å². The molecule has 0 aliphatic rings. The van der Waals surface area contributed by atoms with Crippen LogP contribution >= 0.6 is 22.6 Å². The number of carbonyl (C=O) groups is 1. The van der Waals surface area contributed by atoms with Crippen LogP contribution in [-0.4, -0.2) is 17.1 Å². The molecule has 70 valence electrons. The van der Waals surface area contributed by atoms with Gasteiger partial charge in [-0.05, 0) is 40.6 Å². The standard InChI is InChI=1S/C9H10INO2/c10-7-4-2-1-3-6(7)5-8(11)9(12)13/h1-4,8H,5,11H2,(H,12,13)/t8-/m1/s1. The van der Waals surface area contributed by atoms with E-state index in [0.717, 1.165) is 9.13 Å². The van der Waals surface area contributed by atoms with Gasteiger partial charge in [-0.25, -0.2) is 0 Å². The molecule has 1 aromatic carbocycles. The number of aliphatic carboxylic acids is 1. The van der Waals surface area contributed by atoms with Gasteiger partial charge in [0, 0.05) is 3.57 Å². The minimum absolute atomic E-state index is 0.383. The quantitative estimate of drug-likeness (QED) is 0.824. The number of hydrogen-bond acceptors (Lipinski definition) is 2. The lowest BCUT2D eigenvalue weighted by Crippen LogP contribution is -2.32. The summed E-state index contributed by atoms with van der Waals surface area (Å²) in [6.07, 6.45) is 0.383. The SMILES string of the molecule is N[C@H](Cc1ccccc1I)C(=O)O. The van der Waals surface area contributed by atoms with Gasteiger partial charge < -0.3 is 10.8 Å². The van der Waals surface area contributed by atoms with Crippen LogP contribution in [0, 0.1) is 3.57 Å². The Morgan fingerprint density at radius 2 is 2.15 bits per heavy atom. The topological polar surface area (TPSA) is 63.3 Å². The van der Waals surface area contributed by atoms with Gasteiger partial charge in [0.15, 0.2) is 0 Å². The van der Waals surface area contributed by atoms with Crippen molar-refractivity contribution in [2.75, 3.05) is 0 Å². The molecule has 0 aliphatic carbocycles. The second-order valence-corrected chi connectivity index (χ2v) is 3.90. The number of nitrogens with two attached hydrogens (primary N) is 1. The van der Waals surface area contributed by atoms with Crippen molar-refractivity contribution in [1.82, 2.24) is 0 Å². The first-order valence-corrected chi connectivity index (χ1v) is 4.91. The van der Waals surface area contributed by atoms with E-state index in [1.54, 1.807) is 0 Å². The molecule has 1 aromatic rings. The van der Waals surface area contributed by atoms with E-state index in [0.29, 0.717) is 6.42 Å². The summed E-state index contributed by atoms with van der Waals surface area (Å²) in [5.41, 5.74) is 6.40. The molecule has 0 radical (unpaired) electrons. The molecule has 13 heavy (non-hydrogen) atoms. The van der Waals surface area contributed by atoms with Gasteiger partial charge in [-0.15, -0.1) is 0 Å². The van der Waals surface area contributed by atoms with E-state index in [1.807, 2.05) is 24.3 Å². The first kappa shape index (κ1) is 10.5. The molecule has 0 spiro atoms. The largest absolute Gasteiger partial charge is 0.480 e. The van der Waals surface area contributed by atoms with E-state index < -0.39 is 12.0 Å². The highest BCUT2D eigenvalue weighted by atomic mass is 127. The Morgan fingerprint density at radius 3 is 2.69 bits per heavy atom. The predicted molar refractivity (Wildman–Crippen MR) is 58.5 cm³/mol. The van der Waals surface area contributed by atoms with Crippen molar-refractivity contribution < 1.29 is 9.90 Å². The van der Waals surface area contributed by atoms with E-state index in [2.05, 4.69) is 22.6 Å². The summed E-state index contributed by atoms with van der Waals surface area (Å²) in [5.74, 6) is -0.959. The molecule has 0 aromatic heterocycles. The monoisotopic (exact) mass is 291 g/mol. The molecule has 0 saturated carbocycles. The fraction of sp³-hybridized carbons (Fsp3) is 0.222. The third-order valence-electron chi connectivity index (χ3n) is 1.71. The smallest absolute Gasteiger partial charge is 0.320 e. The summed E-state index contributed by atoms with van der Waals surface area (Å²) in [5, 5.41) is 8.61. The maximum Gasteiger partial charge on any atom is 0.320 e. The molecule has 1 rings (SSSR count). The molecular formula is C9H10INO2. The fourth-order valence-electron chi connectivity index (χ4n) is 0.988. The molecule has 0 saturated heterocycles. The van der Waals surface area contributed by atoms with E-state index in [9.17, 15) is 4.79 Å². The van der Waals surface area contributed by atoms with Crippen molar-refractivity contribution in [3.05, 3.63) is 33.4 Å². The lowest BCUT2D eigenvalue weighted by atomic mass is 10.1. The Morgan fingerprint density at radius 1 is 1.54 bits per heavy atom. The molecule has 0 bridgehead atoms. The van der Waals surface area contributed by atoms with Crippen LogP contribution in [0.25, 0.3) is 0 Å². The minimum atomic E-state index is -0.959. The molecule has 3 N–H and O–H groups in total. The van der Waals surface area contributed by atoms with Crippen molar-refractivity contribution in [3.63, 3.8) is 0 Å². The Bertz CT molecular complexity index is 314. The molecule has 0 fully saturated rings. The molecule has 1 atom stereocenters. The second kappa shape index (κ2) is 4.57. The van der Waals surface area contributed by atoms with E-state index in [4.69, 9.17) is 10.8 Å². The van der Waals surface area contributed by atoms with Crippen molar-refractivity contribution in [3.8, 4) is 0 Å². The van der Waals surface area contributed by atoms with Crippen molar-refractivity contribution in [2.24, 2.45) is 5.73 Å². The Balaban J connectivity index is 2.74. The van der Waals surface area contributed by atoms with Gasteiger partial charge in [0.05, 0.1) is 0 Å². The molecular weight excluding hydrogens is 281 g/mol. The van der Waals surface area contributed by atoms with Crippen LogP contribution in [0.4, 0.5) is 0 Å². The predicted octanol–water partition coefficient (Wildman–Crippen LogP) is 1.25. The molecule has 0 heterocycles. The summed E-state index contributed by atoms with van der Waals surface area (Å²) in [7, 11) is 0. The zero-order valence-corrected chi connectivity index (χ0v) is 9.06. The number of rotatable bonds is 3. The van der Waals surface area contributed by atoms with Gasteiger partial charge in [0.2, 0.25) is 0 Å². The summed E-state index contributed by atoms with van der Waals surface area (Å²) in [6, 6.07) is 6.81. The van der Waals surface area contributed by atoms with Crippen molar-refractivity contribution >= 4 is 28.6 Å². The van der Waals surface area contributed by atoms with Crippen LogP contribution in [-0.2, 0) is 11.2 Å². The lowest BCUT2D eigenvalue weighted by molar-refractivity contribution is -0.138. The number of carboxylic acids is 1. The summed E-state index contributed by atoms with van der Waals surface area (Å²) in [6.45, 7) is 0. The van der Waals surface area contributed by atoms with Gasteiger partial charge in [-0.2, -0.15) is 0 Å². The molecule has 0 amide bonds. The second-order valence-electron chi connectivity index (χ2n) is 2.74. The van der Waals surface area contributed by atoms with Crippen LogP contribution in [0.15, 0.2) is 24.3 Å². The maximum absolute atomic E-state index is 10.5. The van der Waals surface area contributed by atoms with Crippen molar-refractivity contribution in [2.45, 2.75) is 12.5 Å². The van der Waals surface area contributed by atoms with E-state index >= 15 is 0 Å². The first-order chi connectivity index (χ1) is 6.11. The summed E-state index contributed by atoms with van der Waals surface area (Å²) in [4.78, 5) is 10.5. The molecule has 4 heteroatoms. The lowest BCUT2D eigenvalue weighted by Gasteiger charge is -2.07. The minimum Gasteiger partial charge on any atom is -0.480 e. The number of hydrogen-bond donors (Lipinski definition) is 2. The van der Waals surface area contributed by atoms with E-state index in [1.165, 1.54) is 0 Å². The fourth-order valence-corrected chi connectivity index (χ4v) is 1.60. The average Bonchev–Trinajstić information content (AvgIpc) is 2.08. The molecule has 0 aliphatic heterocycles. The number of carboxylic acid groups (broad SMARTS) is 1. The highest BCUT2D eigenvalue weighted by Gasteiger charge is 2.12. The Hall–Kier alpha value is -0.620. The number of benzene rings is 1. The first-order valence-electron chi connectivity index (χ1n) is 3.83.